The second-order valence-corrected chi connectivity index (χ2v) is 16.5. The van der Waals surface area contributed by atoms with Gasteiger partial charge in [-0.05, 0) is 166 Å². The third-order valence-corrected chi connectivity index (χ3v) is 13.7. The van der Waals surface area contributed by atoms with Crippen molar-refractivity contribution in [3.8, 4) is 39.5 Å². The number of aryl methyl sites for hydroxylation is 2. The maximum absolute atomic E-state index is 12.2. The number of phenols is 2. The first-order valence-corrected chi connectivity index (χ1v) is 21.0. The highest BCUT2D eigenvalue weighted by Crippen LogP contribution is 2.54. The lowest BCUT2D eigenvalue weighted by Gasteiger charge is -2.28. The van der Waals surface area contributed by atoms with Crippen LogP contribution >= 0.6 is 0 Å². The second-order valence-electron chi connectivity index (χ2n) is 16.5. The van der Waals surface area contributed by atoms with Gasteiger partial charge in [0.05, 0.1) is 7.11 Å². The van der Waals surface area contributed by atoms with Crippen molar-refractivity contribution in [2.75, 3.05) is 7.11 Å². The van der Waals surface area contributed by atoms with Gasteiger partial charge in [0.1, 0.15) is 24.8 Å². The molecule has 0 spiro atoms. The number of benzene rings is 7. The summed E-state index contributed by atoms with van der Waals surface area (Å²) in [5.41, 5.74) is 19.6. The lowest BCUT2D eigenvalue weighted by molar-refractivity contribution is 0.411. The molecule has 294 valence electrons. The van der Waals surface area contributed by atoms with Gasteiger partial charge < -0.3 is 19.4 Å². The molecule has 4 nitrogen and oxygen atoms in total. The van der Waals surface area contributed by atoms with Gasteiger partial charge in [0.2, 0.25) is 0 Å². The van der Waals surface area contributed by atoms with Crippen molar-refractivity contribution in [2.45, 2.75) is 53.4 Å². The number of phenolic OH excluding ortho intramolecular Hbond substituents is 2. The Hall–Kier alpha value is -6.72. The lowest BCUT2D eigenvalue weighted by atomic mass is 9.74. The van der Waals surface area contributed by atoms with Crippen LogP contribution in [0.3, 0.4) is 0 Å². The molecule has 0 amide bonds. The van der Waals surface area contributed by atoms with E-state index in [1.54, 1.807) is 7.11 Å². The van der Waals surface area contributed by atoms with Gasteiger partial charge >= 0.3 is 0 Å². The van der Waals surface area contributed by atoms with Crippen LogP contribution in [0.2, 0.25) is 0 Å². The van der Waals surface area contributed by atoms with Crippen molar-refractivity contribution in [1.82, 2.24) is 0 Å². The summed E-state index contributed by atoms with van der Waals surface area (Å²) in [6.45, 7) is 13.1. The third-order valence-electron chi connectivity index (χ3n) is 13.7. The second kappa shape index (κ2) is 14.2. The number of hydrogen-bond donors (Lipinski definition) is 2. The first-order chi connectivity index (χ1) is 29.1. The molecule has 0 aliphatic heterocycles. The number of hydrogen-bond acceptors (Lipinski definition) is 4. The van der Waals surface area contributed by atoms with E-state index < -0.39 is 0 Å². The number of rotatable bonds is 6. The van der Waals surface area contributed by atoms with E-state index in [1.807, 2.05) is 56.4 Å². The summed E-state index contributed by atoms with van der Waals surface area (Å²) in [5, 5.41) is 29.8. The van der Waals surface area contributed by atoms with Crippen molar-refractivity contribution >= 4 is 80.1 Å². The molecule has 5 heteroatoms. The molecule has 2 aliphatic carbocycles. The maximum atomic E-state index is 12.2. The Kier molecular flexibility index (Phi) is 8.91. The van der Waals surface area contributed by atoms with Crippen LogP contribution in [0.25, 0.3) is 89.0 Å². The zero-order chi connectivity index (χ0) is 41.6. The molecular formula is C55H47BO4. The molecule has 0 saturated heterocycles. The molecular weight excluding hydrogens is 735 g/mol. The maximum Gasteiger partial charge on any atom is 0.165 e. The van der Waals surface area contributed by atoms with Crippen LogP contribution in [0.15, 0.2) is 108 Å². The summed E-state index contributed by atoms with van der Waals surface area (Å²) in [6.07, 6.45) is 14.7. The topological polar surface area (TPSA) is 62.8 Å². The molecule has 0 saturated carbocycles. The standard InChI is InChI=1S/C55H47BO4/c1-7-36-30(3)29(2)31(4)45-50(36)48(34-15-9-8-10-16-34)52-46(32(5)53(56)55(58)54(52)57)51(45)40-26-25-37(38-17-11-12-18-39(38)40)33-21-23-35(24-22-33)47-43(59-6)27-28-44-49(47)41-19-13-14-20-42(41)60-44/h7-11,13-17,19-21,23,25-28,57-58H,1,12,18,22,24,56H2,2-6H3. The van der Waals surface area contributed by atoms with Gasteiger partial charge in [-0.15, -0.1) is 0 Å². The quantitative estimate of drug-likeness (QED) is 0.100. The van der Waals surface area contributed by atoms with Crippen LogP contribution in [-0.2, 0) is 6.42 Å². The molecule has 60 heavy (non-hydrogen) atoms. The van der Waals surface area contributed by atoms with Gasteiger partial charge in [0.15, 0.2) is 11.5 Å². The largest absolute Gasteiger partial charge is 0.505 e. The average Bonchev–Trinajstić information content (AvgIpc) is 3.67. The molecule has 2 aliphatic rings. The molecule has 1 aromatic heterocycles. The van der Waals surface area contributed by atoms with Crippen molar-refractivity contribution in [1.29, 1.82) is 0 Å². The Morgan fingerprint density at radius 3 is 2.12 bits per heavy atom. The van der Waals surface area contributed by atoms with E-state index in [0.717, 1.165) is 114 Å². The molecule has 0 radical (unpaired) electrons. The predicted octanol–water partition coefficient (Wildman–Crippen LogP) is 13.0. The number of furan rings is 1. The average molecular weight is 783 g/mol. The van der Waals surface area contributed by atoms with E-state index in [1.165, 1.54) is 39.0 Å². The Morgan fingerprint density at radius 1 is 0.650 bits per heavy atom. The number of para-hydroxylation sites is 1. The fourth-order valence-electron chi connectivity index (χ4n) is 10.4. The van der Waals surface area contributed by atoms with Gasteiger partial charge in [0, 0.05) is 27.3 Å². The molecule has 8 aromatic rings. The Morgan fingerprint density at radius 2 is 1.37 bits per heavy atom. The van der Waals surface area contributed by atoms with E-state index in [2.05, 4.69) is 95.0 Å². The number of methoxy groups -OCH3 is 1. The van der Waals surface area contributed by atoms with Crippen molar-refractivity contribution in [3.05, 3.63) is 154 Å². The van der Waals surface area contributed by atoms with Crippen LogP contribution in [0.5, 0.6) is 17.2 Å². The molecule has 2 N–H and O–H groups in total. The smallest absolute Gasteiger partial charge is 0.165 e. The van der Waals surface area contributed by atoms with Crippen LogP contribution in [0.4, 0.5) is 0 Å². The van der Waals surface area contributed by atoms with Gasteiger partial charge in [-0.1, -0.05) is 97.6 Å². The Labute approximate surface area is 351 Å². The summed E-state index contributed by atoms with van der Waals surface area (Å²) in [5.74, 6) is 0.692. The number of ether oxygens (including phenoxy) is 1. The number of aromatic hydroxyl groups is 2. The molecule has 0 fully saturated rings. The lowest BCUT2D eigenvalue weighted by Crippen LogP contribution is -2.11. The minimum absolute atomic E-state index is 0.0741. The minimum Gasteiger partial charge on any atom is -0.505 e. The van der Waals surface area contributed by atoms with Crippen molar-refractivity contribution in [3.63, 3.8) is 0 Å². The third kappa shape index (κ3) is 5.38. The van der Waals surface area contributed by atoms with E-state index in [0.29, 0.717) is 10.8 Å². The first-order valence-electron chi connectivity index (χ1n) is 21.0. The van der Waals surface area contributed by atoms with Crippen molar-refractivity contribution < 1.29 is 19.4 Å². The molecule has 7 aromatic carbocycles. The normalized spacial score (nSPS) is 13.9. The highest BCUT2D eigenvalue weighted by atomic mass is 16.5. The first kappa shape index (κ1) is 37.5. The number of fused-ring (bicyclic) bond motifs is 6. The monoisotopic (exact) mass is 782 g/mol. The molecule has 1 heterocycles. The molecule has 10 rings (SSSR count). The summed E-state index contributed by atoms with van der Waals surface area (Å²) < 4.78 is 12.3. The fourth-order valence-corrected chi connectivity index (χ4v) is 10.4. The highest BCUT2D eigenvalue weighted by Gasteiger charge is 2.30. The van der Waals surface area contributed by atoms with Crippen LogP contribution in [0.1, 0.15) is 69.3 Å². The highest BCUT2D eigenvalue weighted by molar-refractivity contribution is 6.39. The Bertz CT molecular complexity index is 3270. The zero-order valence-electron chi connectivity index (χ0n) is 35.1. The Balaban J connectivity index is 1.25. The SMILES string of the molecule is Bc1c(O)c(O)c2c(-c3ccccc3)c3c(C=C)c(C)c(C)c(C)c3c(-c3ccc(C4=CC=C(c5c(OC)ccc6oc7ccccc7c56)CC4)c4c3CCC=C4)c2c1C. The van der Waals surface area contributed by atoms with E-state index >= 15 is 0 Å². The fraction of sp³-hybridized carbons (Fsp3) is 0.164. The van der Waals surface area contributed by atoms with E-state index in [9.17, 15) is 10.2 Å². The zero-order valence-corrected chi connectivity index (χ0v) is 35.1. The minimum atomic E-state index is -0.0860. The molecule has 0 bridgehead atoms. The van der Waals surface area contributed by atoms with Gasteiger partial charge in [-0.2, -0.15) is 0 Å². The van der Waals surface area contributed by atoms with E-state index in [-0.39, 0.29) is 11.5 Å². The summed E-state index contributed by atoms with van der Waals surface area (Å²) in [7, 11) is 3.65. The van der Waals surface area contributed by atoms with Crippen LogP contribution in [-0.4, -0.2) is 25.2 Å². The van der Waals surface area contributed by atoms with Gasteiger partial charge in [0.25, 0.3) is 0 Å². The van der Waals surface area contributed by atoms with Crippen molar-refractivity contribution in [2.24, 2.45) is 0 Å². The molecule has 0 atom stereocenters. The summed E-state index contributed by atoms with van der Waals surface area (Å²) >= 11 is 0. The van der Waals surface area contributed by atoms with E-state index in [4.69, 9.17) is 9.15 Å². The molecule has 0 unspecified atom stereocenters. The van der Waals surface area contributed by atoms with Crippen LogP contribution < -0.4 is 10.2 Å². The predicted molar refractivity (Wildman–Crippen MR) is 256 cm³/mol. The van der Waals surface area contributed by atoms with Crippen LogP contribution in [0, 0.1) is 27.7 Å². The number of allylic oxidation sites excluding steroid dienone is 5. The van der Waals surface area contributed by atoms with Gasteiger partial charge in [-0.25, -0.2) is 0 Å². The van der Waals surface area contributed by atoms with Gasteiger partial charge in [-0.3, -0.25) is 0 Å². The summed E-state index contributed by atoms with van der Waals surface area (Å²) in [4.78, 5) is 0. The summed E-state index contributed by atoms with van der Waals surface area (Å²) in [6, 6.07) is 27.2.